The molecule has 3 aromatic rings. The van der Waals surface area contributed by atoms with E-state index in [4.69, 9.17) is 29.3 Å². The second kappa shape index (κ2) is 10.7. The van der Waals surface area contributed by atoms with Crippen LogP contribution in [0.1, 0.15) is 17.2 Å². The summed E-state index contributed by atoms with van der Waals surface area (Å²) in [6.07, 6.45) is 3.86. The number of aromatic nitrogens is 2. The predicted molar refractivity (Wildman–Crippen MR) is 113 cm³/mol. The Labute approximate surface area is 179 Å². The molecule has 0 aliphatic carbocycles. The number of methoxy groups -OCH3 is 1. The van der Waals surface area contributed by atoms with Crippen molar-refractivity contribution in [2.75, 3.05) is 26.8 Å². The summed E-state index contributed by atoms with van der Waals surface area (Å²) in [5.74, 6) is -3.65. The number of morpholine rings is 1. The molecule has 0 bridgehead atoms. The number of carboxylic acid groups (broad SMARTS) is 2. The standard InChI is InChI=1S/C20H23N3O2.C2H2O4/c1-24-19(15-6-3-2-4-7-15)18-14-23(10-11-25-18)13-16-12-22-20-17(16)8-5-9-21-20;3-1(4)2(5)6/h2-9,12,18-19H,10-11,13-14H2,1H3,(H,21,22);(H,3,4)(H,5,6)/t18?,19-;/m1./s1. The topological polar surface area (TPSA) is 125 Å². The summed E-state index contributed by atoms with van der Waals surface area (Å²) in [5, 5.41) is 16.0. The first-order valence-electron chi connectivity index (χ1n) is 9.78. The predicted octanol–water partition coefficient (Wildman–Crippen LogP) is 2.31. The van der Waals surface area contributed by atoms with Gasteiger partial charge in [-0.2, -0.15) is 0 Å². The van der Waals surface area contributed by atoms with Crippen LogP contribution in [0.5, 0.6) is 0 Å². The highest BCUT2D eigenvalue weighted by molar-refractivity contribution is 6.27. The van der Waals surface area contributed by atoms with Crippen molar-refractivity contribution < 1.29 is 29.3 Å². The number of benzene rings is 1. The molecule has 0 radical (unpaired) electrons. The minimum absolute atomic E-state index is 0.0319. The van der Waals surface area contributed by atoms with Crippen molar-refractivity contribution in [3.05, 3.63) is 66.0 Å². The van der Waals surface area contributed by atoms with Crippen molar-refractivity contribution >= 4 is 23.0 Å². The molecule has 3 heterocycles. The number of pyridine rings is 1. The zero-order valence-electron chi connectivity index (χ0n) is 17.1. The molecule has 2 atom stereocenters. The van der Waals surface area contributed by atoms with E-state index in [1.165, 1.54) is 10.9 Å². The molecule has 1 aromatic carbocycles. The Bertz CT molecular complexity index is 995. The SMILES string of the molecule is CO[C@H](c1ccccc1)C1CN(Cc2c[nH]c3ncccc23)CCO1.O=C(O)C(=O)O. The van der Waals surface area contributed by atoms with Crippen LogP contribution in [0.3, 0.4) is 0 Å². The maximum absolute atomic E-state index is 9.10. The minimum atomic E-state index is -1.82. The van der Waals surface area contributed by atoms with E-state index in [1.54, 1.807) is 7.11 Å². The quantitative estimate of drug-likeness (QED) is 0.530. The second-order valence-corrected chi connectivity index (χ2v) is 7.04. The Morgan fingerprint density at radius 3 is 2.65 bits per heavy atom. The number of nitrogens with one attached hydrogen (secondary N) is 1. The molecule has 1 aliphatic rings. The number of carboxylic acids is 2. The lowest BCUT2D eigenvalue weighted by Gasteiger charge is -2.36. The van der Waals surface area contributed by atoms with Crippen molar-refractivity contribution in [2.45, 2.75) is 18.8 Å². The number of H-pyrrole nitrogens is 1. The fourth-order valence-corrected chi connectivity index (χ4v) is 3.59. The number of ether oxygens (including phenoxy) is 2. The average Bonchev–Trinajstić information content (AvgIpc) is 3.19. The number of aliphatic carboxylic acids is 2. The molecule has 164 valence electrons. The molecule has 1 saturated heterocycles. The van der Waals surface area contributed by atoms with E-state index in [0.29, 0.717) is 0 Å². The normalized spacial score (nSPS) is 17.5. The smallest absolute Gasteiger partial charge is 0.414 e. The summed E-state index contributed by atoms with van der Waals surface area (Å²) in [6.45, 7) is 3.38. The van der Waals surface area contributed by atoms with E-state index >= 15 is 0 Å². The highest BCUT2D eigenvalue weighted by Gasteiger charge is 2.29. The number of hydrogen-bond acceptors (Lipinski definition) is 6. The van der Waals surface area contributed by atoms with Gasteiger partial charge in [0, 0.05) is 44.5 Å². The molecule has 3 N–H and O–H groups in total. The Balaban J connectivity index is 0.000000401. The molecule has 9 nitrogen and oxygen atoms in total. The molecule has 0 amide bonds. The molecule has 1 aliphatic heterocycles. The molecule has 2 aromatic heterocycles. The van der Waals surface area contributed by atoms with Gasteiger partial charge in [0.15, 0.2) is 0 Å². The molecule has 0 spiro atoms. The molecule has 31 heavy (non-hydrogen) atoms. The lowest BCUT2D eigenvalue weighted by atomic mass is 10.0. The molecule has 0 saturated carbocycles. The first-order valence-corrected chi connectivity index (χ1v) is 9.78. The summed E-state index contributed by atoms with van der Waals surface area (Å²) in [7, 11) is 1.76. The minimum Gasteiger partial charge on any atom is -0.473 e. The first kappa shape index (κ1) is 22.4. The van der Waals surface area contributed by atoms with Crippen LogP contribution >= 0.6 is 0 Å². The number of hydrogen-bond donors (Lipinski definition) is 3. The van der Waals surface area contributed by atoms with Gasteiger partial charge in [0.05, 0.1) is 6.61 Å². The van der Waals surface area contributed by atoms with Crippen LogP contribution in [0.2, 0.25) is 0 Å². The van der Waals surface area contributed by atoms with Gasteiger partial charge in [0.2, 0.25) is 0 Å². The fourth-order valence-electron chi connectivity index (χ4n) is 3.59. The largest absolute Gasteiger partial charge is 0.473 e. The van der Waals surface area contributed by atoms with Crippen molar-refractivity contribution in [3.63, 3.8) is 0 Å². The van der Waals surface area contributed by atoms with Gasteiger partial charge in [-0.25, -0.2) is 14.6 Å². The fraction of sp³-hybridized carbons (Fsp3) is 0.318. The van der Waals surface area contributed by atoms with E-state index in [2.05, 4.69) is 39.3 Å². The van der Waals surface area contributed by atoms with Crippen molar-refractivity contribution in [3.8, 4) is 0 Å². The van der Waals surface area contributed by atoms with E-state index in [1.807, 2.05) is 30.5 Å². The molecule has 4 rings (SSSR count). The zero-order valence-corrected chi connectivity index (χ0v) is 17.1. The number of rotatable bonds is 5. The van der Waals surface area contributed by atoms with Crippen LogP contribution in [-0.2, 0) is 25.6 Å². The first-order chi connectivity index (χ1) is 15.0. The van der Waals surface area contributed by atoms with E-state index in [0.717, 1.165) is 37.5 Å². The number of aromatic amines is 1. The third-order valence-corrected chi connectivity index (χ3v) is 5.01. The maximum atomic E-state index is 9.10. The summed E-state index contributed by atoms with van der Waals surface area (Å²) < 4.78 is 11.8. The van der Waals surface area contributed by atoms with Gasteiger partial charge in [-0.05, 0) is 23.3 Å². The van der Waals surface area contributed by atoms with Crippen LogP contribution in [0.25, 0.3) is 11.0 Å². The van der Waals surface area contributed by atoms with Crippen molar-refractivity contribution in [1.82, 2.24) is 14.9 Å². The molecule has 1 fully saturated rings. The Kier molecular flexibility index (Phi) is 7.71. The number of fused-ring (bicyclic) bond motifs is 1. The second-order valence-electron chi connectivity index (χ2n) is 7.04. The molecule has 1 unspecified atom stereocenters. The van der Waals surface area contributed by atoms with Gasteiger partial charge in [-0.15, -0.1) is 0 Å². The zero-order chi connectivity index (χ0) is 22.2. The average molecular weight is 427 g/mol. The van der Waals surface area contributed by atoms with Crippen LogP contribution in [0.4, 0.5) is 0 Å². The van der Waals surface area contributed by atoms with Gasteiger partial charge >= 0.3 is 11.9 Å². The summed E-state index contributed by atoms with van der Waals surface area (Å²) in [5.41, 5.74) is 3.38. The van der Waals surface area contributed by atoms with Gasteiger partial charge in [-0.3, -0.25) is 4.90 Å². The Morgan fingerprint density at radius 1 is 1.23 bits per heavy atom. The van der Waals surface area contributed by atoms with Crippen LogP contribution in [0.15, 0.2) is 54.9 Å². The summed E-state index contributed by atoms with van der Waals surface area (Å²) >= 11 is 0. The third kappa shape index (κ3) is 5.88. The summed E-state index contributed by atoms with van der Waals surface area (Å²) in [4.78, 5) is 28.3. The van der Waals surface area contributed by atoms with Crippen LogP contribution in [-0.4, -0.2) is 69.9 Å². The van der Waals surface area contributed by atoms with Gasteiger partial charge in [0.25, 0.3) is 0 Å². The molecule has 9 heteroatoms. The highest BCUT2D eigenvalue weighted by Crippen LogP contribution is 2.27. The molecular weight excluding hydrogens is 402 g/mol. The Morgan fingerprint density at radius 2 is 1.97 bits per heavy atom. The molecular formula is C22H25N3O6. The van der Waals surface area contributed by atoms with E-state index in [9.17, 15) is 0 Å². The van der Waals surface area contributed by atoms with Crippen LogP contribution < -0.4 is 0 Å². The van der Waals surface area contributed by atoms with Gasteiger partial charge < -0.3 is 24.7 Å². The lowest BCUT2D eigenvalue weighted by Crippen LogP contribution is -2.45. The van der Waals surface area contributed by atoms with E-state index in [-0.39, 0.29) is 12.2 Å². The van der Waals surface area contributed by atoms with Crippen LogP contribution in [0, 0.1) is 0 Å². The Hall–Kier alpha value is -3.27. The van der Waals surface area contributed by atoms with Gasteiger partial charge in [-0.1, -0.05) is 30.3 Å². The van der Waals surface area contributed by atoms with Crippen molar-refractivity contribution in [2.24, 2.45) is 0 Å². The maximum Gasteiger partial charge on any atom is 0.414 e. The highest BCUT2D eigenvalue weighted by atomic mass is 16.5. The third-order valence-electron chi connectivity index (χ3n) is 5.01. The number of nitrogens with zero attached hydrogens (tertiary/aromatic N) is 2. The summed E-state index contributed by atoms with van der Waals surface area (Å²) in [6, 6.07) is 14.4. The van der Waals surface area contributed by atoms with E-state index < -0.39 is 11.9 Å². The van der Waals surface area contributed by atoms with Gasteiger partial charge in [0.1, 0.15) is 17.9 Å². The monoisotopic (exact) mass is 427 g/mol. The lowest BCUT2D eigenvalue weighted by molar-refractivity contribution is -0.159. The number of carbonyl (C=O) groups is 2. The van der Waals surface area contributed by atoms with Crippen molar-refractivity contribution in [1.29, 1.82) is 0 Å².